The van der Waals surface area contributed by atoms with Gasteiger partial charge in [-0.05, 0) is 23.6 Å². The van der Waals surface area contributed by atoms with Crippen molar-refractivity contribution < 1.29 is 0 Å². The molecule has 1 heterocycles. The van der Waals surface area contributed by atoms with Crippen molar-refractivity contribution >= 4 is 29.9 Å². The van der Waals surface area contributed by atoms with Gasteiger partial charge in [-0.3, -0.25) is 10.0 Å². The minimum absolute atomic E-state index is 0.526. The second kappa shape index (κ2) is 3.95. The molecule has 1 aliphatic rings. The highest BCUT2D eigenvalue weighted by Gasteiger charge is 2.09. The van der Waals surface area contributed by atoms with Crippen LogP contribution in [-0.2, 0) is 0 Å². The summed E-state index contributed by atoms with van der Waals surface area (Å²) < 4.78 is 0. The fraction of sp³-hybridized carbons (Fsp3) is 0.667. The lowest BCUT2D eigenvalue weighted by molar-refractivity contribution is 0.144. The average molecular weight is 184 g/mol. The van der Waals surface area contributed by atoms with Gasteiger partial charge in [-0.1, -0.05) is 0 Å². The summed E-state index contributed by atoms with van der Waals surface area (Å²) in [5.74, 6) is 0. The van der Waals surface area contributed by atoms with Gasteiger partial charge in [0.2, 0.25) is 0 Å². The first-order chi connectivity index (χ1) is 4.86. The molecule has 0 atom stereocenters. The molecular weight excluding hydrogens is 177 g/mol. The van der Waals surface area contributed by atoms with Crippen molar-refractivity contribution in [1.82, 2.24) is 19.9 Å². The molecule has 2 N–H and O–H groups in total. The third-order valence-electron chi connectivity index (χ3n) is 1.02. The maximum absolute atomic E-state index is 5.31. The van der Waals surface area contributed by atoms with Crippen molar-refractivity contribution in [2.45, 2.75) is 0 Å². The summed E-state index contributed by atoms with van der Waals surface area (Å²) in [6.45, 7) is 1.08. The molecule has 0 bridgehead atoms. The van der Waals surface area contributed by atoms with Crippen LogP contribution in [0.3, 0.4) is 0 Å². The molecule has 58 valence electrons. The minimum Gasteiger partial charge on any atom is -0.269 e. The summed E-state index contributed by atoms with van der Waals surface area (Å²) >= 11 is 10.6. The quantitative estimate of drug-likeness (QED) is 0.586. The first-order valence-electron chi connectivity index (χ1n) is 2.61. The van der Waals surface area contributed by atoms with E-state index in [0.717, 1.165) is 0 Å². The van der Waals surface area contributed by atoms with Gasteiger partial charge in [0.25, 0.3) is 0 Å². The number of nitrogens with one attached hydrogen (secondary N) is 2. The summed E-state index contributed by atoms with van der Waals surface area (Å²) in [6.07, 6.45) is 1.59. The Hall–Kier alpha value is -0.0700. The lowest BCUT2D eigenvalue weighted by Gasteiger charge is -2.27. The number of halogens is 2. The summed E-state index contributed by atoms with van der Waals surface area (Å²) in [6, 6.07) is 0. The number of nitrogens with zero attached hydrogens (tertiary/aromatic N) is 3. The van der Waals surface area contributed by atoms with E-state index >= 15 is 0 Å². The predicted octanol–water partition coefficient (Wildman–Crippen LogP) is -0.136. The number of hydrogen-bond donors (Lipinski definition) is 2. The molecule has 0 unspecified atom stereocenters. The molecule has 1 aliphatic heterocycles. The second-order valence-corrected chi connectivity index (χ2v) is 2.10. The molecule has 10 heavy (non-hydrogen) atoms. The van der Waals surface area contributed by atoms with E-state index in [1.54, 1.807) is 16.4 Å². The van der Waals surface area contributed by atoms with Crippen LogP contribution in [0.5, 0.6) is 0 Å². The van der Waals surface area contributed by atoms with Crippen LogP contribution in [0.25, 0.3) is 0 Å². The molecule has 0 aromatic heterocycles. The Morgan fingerprint density at radius 1 is 1.40 bits per heavy atom. The topological polar surface area (TPSA) is 42.9 Å². The summed E-state index contributed by atoms with van der Waals surface area (Å²) in [5, 5.41) is 3.23. The van der Waals surface area contributed by atoms with E-state index in [0.29, 0.717) is 13.3 Å². The monoisotopic (exact) mass is 183 g/mol. The average Bonchev–Trinajstić information content (AvgIpc) is 2.05. The van der Waals surface area contributed by atoms with Crippen molar-refractivity contribution in [3.63, 3.8) is 0 Å². The van der Waals surface area contributed by atoms with E-state index in [2.05, 4.69) is 14.9 Å². The van der Waals surface area contributed by atoms with Crippen molar-refractivity contribution in [3.05, 3.63) is 0 Å². The molecule has 0 aromatic rings. The van der Waals surface area contributed by atoms with Crippen molar-refractivity contribution in [2.75, 3.05) is 13.3 Å². The zero-order valence-corrected chi connectivity index (χ0v) is 6.60. The highest BCUT2D eigenvalue weighted by molar-refractivity contribution is 6.13. The van der Waals surface area contributed by atoms with E-state index in [1.807, 2.05) is 0 Å². The second-order valence-electron chi connectivity index (χ2n) is 1.76. The van der Waals surface area contributed by atoms with Gasteiger partial charge in [0, 0.05) is 0 Å². The fourth-order valence-electron chi connectivity index (χ4n) is 0.601. The van der Waals surface area contributed by atoms with Gasteiger partial charge >= 0.3 is 0 Å². The molecule has 0 aromatic carbocycles. The maximum atomic E-state index is 5.31. The van der Waals surface area contributed by atoms with Crippen LogP contribution in [0.15, 0.2) is 4.99 Å². The normalized spacial score (nSPS) is 20.0. The Morgan fingerprint density at radius 3 is 2.80 bits per heavy atom. The van der Waals surface area contributed by atoms with E-state index in [-0.39, 0.29) is 0 Å². The van der Waals surface area contributed by atoms with Gasteiger partial charge in [-0.2, -0.15) is 9.95 Å². The molecule has 0 saturated carbocycles. The van der Waals surface area contributed by atoms with Crippen LogP contribution in [0.2, 0.25) is 0 Å². The van der Waals surface area contributed by atoms with Gasteiger partial charge in [-0.25, -0.2) is 0 Å². The Morgan fingerprint density at radius 2 is 2.20 bits per heavy atom. The lowest BCUT2D eigenvalue weighted by atomic mass is 10.8. The van der Waals surface area contributed by atoms with Gasteiger partial charge in [0.05, 0.1) is 0 Å². The van der Waals surface area contributed by atoms with Gasteiger partial charge in [0.1, 0.15) is 19.7 Å². The van der Waals surface area contributed by atoms with Crippen molar-refractivity contribution in [1.29, 1.82) is 0 Å². The first kappa shape index (κ1) is 8.03. The molecule has 0 amide bonds. The SMILES string of the molecule is ClNN1C=NCN(NCl)C1. The molecule has 0 radical (unpaired) electrons. The number of aliphatic imine (C=N–C) groups is 1. The number of rotatable bonds is 2. The van der Waals surface area contributed by atoms with Crippen molar-refractivity contribution in [3.8, 4) is 0 Å². The highest BCUT2D eigenvalue weighted by Crippen LogP contribution is 1.93. The molecule has 1 rings (SSSR count). The van der Waals surface area contributed by atoms with Crippen molar-refractivity contribution in [2.24, 2.45) is 4.99 Å². The zero-order chi connectivity index (χ0) is 7.40. The number of hydrogen-bond acceptors (Lipinski definition) is 5. The fourth-order valence-corrected chi connectivity index (χ4v) is 0.805. The van der Waals surface area contributed by atoms with Gasteiger partial charge in [-0.15, -0.1) is 4.94 Å². The molecule has 0 aliphatic carbocycles. The van der Waals surface area contributed by atoms with Crippen LogP contribution >= 0.6 is 23.6 Å². The largest absolute Gasteiger partial charge is 0.269 e. The summed E-state index contributed by atoms with van der Waals surface area (Å²) in [4.78, 5) is 8.72. The summed E-state index contributed by atoms with van der Waals surface area (Å²) in [5.41, 5.74) is 0. The smallest absolute Gasteiger partial charge is 0.109 e. The third kappa shape index (κ3) is 1.96. The van der Waals surface area contributed by atoms with Crippen LogP contribution in [0, 0.1) is 0 Å². The minimum atomic E-state index is 0.526. The summed E-state index contributed by atoms with van der Waals surface area (Å²) in [7, 11) is 0. The van der Waals surface area contributed by atoms with E-state index < -0.39 is 0 Å². The molecule has 0 fully saturated rings. The first-order valence-corrected chi connectivity index (χ1v) is 3.36. The van der Waals surface area contributed by atoms with Gasteiger partial charge in [0.15, 0.2) is 0 Å². The van der Waals surface area contributed by atoms with Crippen LogP contribution in [-0.4, -0.2) is 29.7 Å². The Kier molecular flexibility index (Phi) is 3.17. The van der Waals surface area contributed by atoms with Crippen LogP contribution < -0.4 is 9.89 Å². The van der Waals surface area contributed by atoms with Gasteiger partial charge < -0.3 is 0 Å². The Labute approximate surface area is 68.7 Å². The number of hydrazine groups is 2. The highest BCUT2D eigenvalue weighted by atomic mass is 35.5. The molecule has 0 saturated heterocycles. The standard InChI is InChI=1S/C3H7Cl2N5/c4-7-9-1-6-2-10(3-9)8-5/h1,7-8H,2-3H2. The van der Waals surface area contributed by atoms with Crippen LogP contribution in [0.4, 0.5) is 0 Å². The van der Waals surface area contributed by atoms with E-state index in [1.165, 1.54) is 0 Å². The van der Waals surface area contributed by atoms with E-state index in [9.17, 15) is 0 Å². The lowest BCUT2D eigenvalue weighted by Crippen LogP contribution is -2.48. The zero-order valence-electron chi connectivity index (χ0n) is 5.09. The Balaban J connectivity index is 2.38. The molecule has 0 spiro atoms. The molecule has 7 heteroatoms. The molecular formula is C3H7Cl2N5. The van der Waals surface area contributed by atoms with Crippen LogP contribution in [0.1, 0.15) is 0 Å². The van der Waals surface area contributed by atoms with E-state index in [4.69, 9.17) is 23.6 Å². The molecule has 5 nitrogen and oxygen atoms in total. The third-order valence-corrected chi connectivity index (χ3v) is 1.48. The maximum Gasteiger partial charge on any atom is 0.109 e. The predicted molar refractivity (Wildman–Crippen MR) is 39.9 cm³/mol. The Bertz CT molecular complexity index is 128.